The van der Waals surface area contributed by atoms with Gasteiger partial charge in [0.2, 0.25) is 0 Å². The second-order valence-electron chi connectivity index (χ2n) is 6.24. The van der Waals surface area contributed by atoms with E-state index in [2.05, 4.69) is 36.7 Å². The Hall–Kier alpha value is -0.380. The van der Waals surface area contributed by atoms with Gasteiger partial charge >= 0.3 is 0 Å². The van der Waals surface area contributed by atoms with Crippen LogP contribution in [0.1, 0.15) is 50.8 Å². The molecule has 2 rings (SSSR count). The number of rotatable bonds is 7. The highest BCUT2D eigenvalue weighted by atomic mass is 32.1. The van der Waals surface area contributed by atoms with Gasteiger partial charge in [-0.15, -0.1) is 11.3 Å². The molecule has 0 saturated heterocycles. The summed E-state index contributed by atoms with van der Waals surface area (Å²) in [4.78, 5) is 1.47. The van der Waals surface area contributed by atoms with Crippen molar-refractivity contribution in [1.29, 1.82) is 0 Å². The molecule has 1 saturated carbocycles. The minimum Gasteiger partial charge on any atom is -0.377 e. The molecule has 3 heteroatoms. The zero-order valence-corrected chi connectivity index (χ0v) is 14.0. The summed E-state index contributed by atoms with van der Waals surface area (Å²) in [5.74, 6) is 0.854. The zero-order chi connectivity index (χ0) is 14.4. The molecule has 0 bridgehead atoms. The highest BCUT2D eigenvalue weighted by molar-refractivity contribution is 7.09. The smallest absolute Gasteiger partial charge is 0.0834 e. The maximum absolute atomic E-state index is 6.08. The van der Waals surface area contributed by atoms with Crippen LogP contribution in [0.25, 0.3) is 0 Å². The summed E-state index contributed by atoms with van der Waals surface area (Å²) in [5, 5.41) is 5.94. The third kappa shape index (κ3) is 3.84. The van der Waals surface area contributed by atoms with Crippen molar-refractivity contribution in [2.75, 3.05) is 13.7 Å². The number of hydrogen-bond acceptors (Lipinski definition) is 3. The molecule has 1 heterocycles. The lowest BCUT2D eigenvalue weighted by Crippen LogP contribution is -2.55. The van der Waals surface area contributed by atoms with Crippen LogP contribution in [0.3, 0.4) is 0 Å². The largest absolute Gasteiger partial charge is 0.377 e. The molecule has 0 aromatic carbocycles. The van der Waals surface area contributed by atoms with Gasteiger partial charge in [0.05, 0.1) is 5.60 Å². The lowest BCUT2D eigenvalue weighted by molar-refractivity contribution is -0.0743. The van der Waals surface area contributed by atoms with E-state index >= 15 is 0 Å². The van der Waals surface area contributed by atoms with Gasteiger partial charge in [0.1, 0.15) is 0 Å². The Morgan fingerprint density at radius 3 is 2.75 bits per heavy atom. The van der Waals surface area contributed by atoms with Crippen LogP contribution >= 0.6 is 11.3 Å². The molecule has 114 valence electrons. The molecule has 20 heavy (non-hydrogen) atoms. The fourth-order valence-electron chi connectivity index (χ4n) is 3.34. The average Bonchev–Trinajstić information content (AvgIpc) is 2.98. The second-order valence-corrected chi connectivity index (χ2v) is 7.27. The predicted molar refractivity (Wildman–Crippen MR) is 87.5 cm³/mol. The summed E-state index contributed by atoms with van der Waals surface area (Å²) >= 11 is 1.86. The van der Waals surface area contributed by atoms with Gasteiger partial charge in [-0.1, -0.05) is 19.9 Å². The van der Waals surface area contributed by atoms with Crippen molar-refractivity contribution >= 4 is 11.3 Å². The van der Waals surface area contributed by atoms with Gasteiger partial charge in [-0.25, -0.2) is 0 Å². The van der Waals surface area contributed by atoms with Crippen LogP contribution in [-0.4, -0.2) is 25.3 Å². The summed E-state index contributed by atoms with van der Waals surface area (Å²) < 4.78 is 6.08. The number of nitrogens with one attached hydrogen (secondary N) is 1. The van der Waals surface area contributed by atoms with E-state index in [1.165, 1.54) is 37.0 Å². The molecule has 1 aliphatic carbocycles. The molecular formula is C17H29NOS. The van der Waals surface area contributed by atoms with E-state index in [0.29, 0.717) is 6.04 Å². The minimum atomic E-state index is 0.0334. The highest BCUT2D eigenvalue weighted by Crippen LogP contribution is 2.38. The Morgan fingerprint density at radius 2 is 2.20 bits per heavy atom. The fraction of sp³-hybridized carbons (Fsp3) is 0.765. The predicted octanol–water partition coefficient (Wildman–Crippen LogP) is 4.25. The first-order chi connectivity index (χ1) is 9.70. The Labute approximate surface area is 127 Å². The van der Waals surface area contributed by atoms with E-state index < -0.39 is 0 Å². The number of methoxy groups -OCH3 is 1. The standard InChI is InChI=1S/C17H29NOS/c1-4-11-18-16(13-15-6-5-12-20-15)17(19-3)9-7-14(2)8-10-17/h5-6,12,14,16,18H,4,7-11,13H2,1-3H3. The minimum absolute atomic E-state index is 0.0334. The first kappa shape index (κ1) is 16.0. The third-order valence-corrected chi connectivity index (χ3v) is 5.69. The van der Waals surface area contributed by atoms with Gasteiger partial charge in [0.15, 0.2) is 0 Å². The van der Waals surface area contributed by atoms with Crippen LogP contribution in [-0.2, 0) is 11.2 Å². The molecule has 1 unspecified atom stereocenters. The van der Waals surface area contributed by atoms with Gasteiger partial charge in [-0.05, 0) is 62.4 Å². The van der Waals surface area contributed by atoms with Crippen LogP contribution in [0.5, 0.6) is 0 Å². The molecule has 0 spiro atoms. The quantitative estimate of drug-likeness (QED) is 0.812. The van der Waals surface area contributed by atoms with E-state index in [1.807, 2.05) is 18.4 Å². The molecule has 0 radical (unpaired) electrons. The van der Waals surface area contributed by atoms with Crippen LogP contribution in [0.2, 0.25) is 0 Å². The molecule has 1 aliphatic rings. The fourth-order valence-corrected chi connectivity index (χ4v) is 4.09. The summed E-state index contributed by atoms with van der Waals surface area (Å²) in [6.07, 6.45) is 7.25. The van der Waals surface area contributed by atoms with Crippen molar-refractivity contribution in [1.82, 2.24) is 5.32 Å². The maximum atomic E-state index is 6.08. The van der Waals surface area contributed by atoms with Gasteiger partial charge in [-0.2, -0.15) is 0 Å². The Kier molecular flexibility index (Phi) is 6.06. The Balaban J connectivity index is 2.10. The van der Waals surface area contributed by atoms with Crippen molar-refractivity contribution in [2.24, 2.45) is 5.92 Å². The van der Waals surface area contributed by atoms with Crippen LogP contribution < -0.4 is 5.32 Å². The monoisotopic (exact) mass is 295 g/mol. The van der Waals surface area contributed by atoms with Gasteiger partial charge in [0, 0.05) is 18.0 Å². The van der Waals surface area contributed by atoms with E-state index in [1.54, 1.807) is 0 Å². The van der Waals surface area contributed by atoms with Crippen LogP contribution in [0.15, 0.2) is 17.5 Å². The number of ether oxygens (including phenoxy) is 1. The molecule has 1 atom stereocenters. The molecule has 1 N–H and O–H groups in total. The summed E-state index contributed by atoms with van der Waals surface area (Å²) in [6.45, 7) is 5.68. The normalized spacial score (nSPS) is 28.4. The zero-order valence-electron chi connectivity index (χ0n) is 13.2. The van der Waals surface area contributed by atoms with Gasteiger partial charge in [0.25, 0.3) is 0 Å². The summed E-state index contributed by atoms with van der Waals surface area (Å²) in [7, 11) is 1.91. The molecule has 2 nitrogen and oxygen atoms in total. The average molecular weight is 295 g/mol. The van der Waals surface area contributed by atoms with Crippen LogP contribution in [0, 0.1) is 5.92 Å². The third-order valence-electron chi connectivity index (χ3n) is 4.79. The number of thiophene rings is 1. The van der Waals surface area contributed by atoms with Crippen LogP contribution in [0.4, 0.5) is 0 Å². The maximum Gasteiger partial charge on any atom is 0.0834 e. The van der Waals surface area contributed by atoms with Gasteiger partial charge < -0.3 is 10.1 Å². The summed E-state index contributed by atoms with van der Waals surface area (Å²) in [6, 6.07) is 4.85. The van der Waals surface area contributed by atoms with E-state index in [-0.39, 0.29) is 5.60 Å². The Bertz CT molecular complexity index is 368. The van der Waals surface area contributed by atoms with E-state index in [9.17, 15) is 0 Å². The lowest BCUT2D eigenvalue weighted by atomic mass is 9.74. The first-order valence-electron chi connectivity index (χ1n) is 8.01. The first-order valence-corrected chi connectivity index (χ1v) is 8.89. The summed E-state index contributed by atoms with van der Waals surface area (Å²) in [5.41, 5.74) is 0.0334. The van der Waals surface area contributed by atoms with Crippen molar-refractivity contribution in [3.63, 3.8) is 0 Å². The molecular weight excluding hydrogens is 266 g/mol. The number of hydrogen-bond donors (Lipinski definition) is 1. The Morgan fingerprint density at radius 1 is 1.45 bits per heavy atom. The van der Waals surface area contributed by atoms with Gasteiger partial charge in [-0.3, -0.25) is 0 Å². The second kappa shape index (κ2) is 7.58. The van der Waals surface area contributed by atoms with Crippen molar-refractivity contribution in [3.8, 4) is 0 Å². The van der Waals surface area contributed by atoms with Crippen molar-refractivity contribution in [3.05, 3.63) is 22.4 Å². The molecule has 0 amide bonds. The van der Waals surface area contributed by atoms with Crippen molar-refractivity contribution in [2.45, 2.75) is 64.0 Å². The molecule has 1 aromatic rings. The molecule has 1 aromatic heterocycles. The van der Waals surface area contributed by atoms with Crippen molar-refractivity contribution < 1.29 is 4.74 Å². The SMILES string of the molecule is CCCNC(Cc1cccs1)C1(OC)CCC(C)CC1. The lowest BCUT2D eigenvalue weighted by Gasteiger charge is -2.44. The molecule has 0 aliphatic heterocycles. The molecule has 1 fully saturated rings. The van der Waals surface area contributed by atoms with E-state index in [0.717, 1.165) is 18.9 Å². The topological polar surface area (TPSA) is 21.3 Å². The highest BCUT2D eigenvalue weighted by Gasteiger charge is 2.41. The van der Waals surface area contributed by atoms with E-state index in [4.69, 9.17) is 4.74 Å².